The van der Waals surface area contributed by atoms with E-state index in [0.717, 1.165) is 0 Å². The lowest BCUT2D eigenvalue weighted by atomic mass is 10.2. The zero-order valence-electron chi connectivity index (χ0n) is 15.5. The third-order valence-electron chi connectivity index (χ3n) is 3.67. The molecule has 2 N–H and O–H groups in total. The second kappa shape index (κ2) is 9.38. The first kappa shape index (κ1) is 19.9. The minimum atomic E-state index is -0.228. The second-order valence-corrected chi connectivity index (χ2v) is 7.47. The SMILES string of the molecule is CCOc1cc(NC(=O)c2cccs2)c(OCC)cc1NC(=O)c1cccs1. The third-order valence-corrected chi connectivity index (χ3v) is 5.41. The molecule has 0 saturated carbocycles. The fourth-order valence-electron chi connectivity index (χ4n) is 2.49. The lowest BCUT2D eigenvalue weighted by molar-refractivity contribution is 0.102. The normalized spacial score (nSPS) is 10.4. The highest BCUT2D eigenvalue weighted by atomic mass is 32.1. The van der Waals surface area contributed by atoms with Crippen molar-refractivity contribution in [3.05, 3.63) is 56.9 Å². The predicted molar refractivity (Wildman–Crippen MR) is 113 cm³/mol. The van der Waals surface area contributed by atoms with E-state index in [9.17, 15) is 9.59 Å². The van der Waals surface area contributed by atoms with Gasteiger partial charge in [-0.05, 0) is 36.7 Å². The number of carbonyl (C=O) groups is 2. The van der Waals surface area contributed by atoms with Crippen LogP contribution in [0.5, 0.6) is 11.5 Å². The van der Waals surface area contributed by atoms with Crippen molar-refractivity contribution < 1.29 is 19.1 Å². The molecular formula is C20H20N2O4S2. The summed E-state index contributed by atoms with van der Waals surface area (Å²) in [5, 5.41) is 9.40. The number of hydrogen-bond acceptors (Lipinski definition) is 6. The Bertz CT molecular complexity index is 860. The molecule has 0 aliphatic heterocycles. The Hall–Kier alpha value is -2.84. The van der Waals surface area contributed by atoms with Gasteiger partial charge in [-0.1, -0.05) is 12.1 Å². The zero-order chi connectivity index (χ0) is 19.9. The van der Waals surface area contributed by atoms with E-state index in [2.05, 4.69) is 10.6 Å². The van der Waals surface area contributed by atoms with Crippen LogP contribution in [-0.2, 0) is 0 Å². The molecule has 0 aliphatic rings. The molecule has 0 atom stereocenters. The van der Waals surface area contributed by atoms with Gasteiger partial charge in [0, 0.05) is 12.1 Å². The van der Waals surface area contributed by atoms with Crippen molar-refractivity contribution in [3.8, 4) is 11.5 Å². The minimum Gasteiger partial charge on any atom is -0.492 e. The predicted octanol–water partition coefficient (Wildman–Crippen LogP) is 5.11. The van der Waals surface area contributed by atoms with Crippen molar-refractivity contribution in [1.29, 1.82) is 0 Å². The summed E-state index contributed by atoms with van der Waals surface area (Å²) in [5.41, 5.74) is 0.968. The molecule has 8 heteroatoms. The van der Waals surface area contributed by atoms with E-state index in [1.807, 2.05) is 36.7 Å². The molecule has 2 aromatic heterocycles. The van der Waals surface area contributed by atoms with E-state index < -0.39 is 0 Å². The molecule has 1 aromatic carbocycles. The lowest BCUT2D eigenvalue weighted by Gasteiger charge is -2.17. The van der Waals surface area contributed by atoms with Crippen LogP contribution in [0.15, 0.2) is 47.2 Å². The van der Waals surface area contributed by atoms with Crippen LogP contribution in [0, 0.1) is 0 Å². The van der Waals surface area contributed by atoms with Gasteiger partial charge in [0.15, 0.2) is 0 Å². The van der Waals surface area contributed by atoms with Crippen LogP contribution in [0.1, 0.15) is 33.2 Å². The summed E-state index contributed by atoms with van der Waals surface area (Å²) in [6.45, 7) is 4.53. The first-order chi connectivity index (χ1) is 13.6. The summed E-state index contributed by atoms with van der Waals surface area (Å²) in [7, 11) is 0. The molecule has 3 rings (SSSR count). The summed E-state index contributed by atoms with van der Waals surface area (Å²) in [5.74, 6) is 0.456. The van der Waals surface area contributed by atoms with Gasteiger partial charge >= 0.3 is 0 Å². The van der Waals surface area contributed by atoms with Crippen LogP contribution in [0.25, 0.3) is 0 Å². The van der Waals surface area contributed by atoms with Gasteiger partial charge in [0.1, 0.15) is 11.5 Å². The van der Waals surface area contributed by atoms with Crippen LogP contribution in [0.2, 0.25) is 0 Å². The van der Waals surface area contributed by atoms with Crippen molar-refractivity contribution in [2.45, 2.75) is 13.8 Å². The van der Waals surface area contributed by atoms with E-state index in [4.69, 9.17) is 9.47 Å². The summed E-state index contributed by atoms with van der Waals surface area (Å²) in [4.78, 5) is 26.1. The van der Waals surface area contributed by atoms with Gasteiger partial charge in [0.05, 0.1) is 34.3 Å². The maximum atomic E-state index is 12.5. The Kier molecular flexibility index (Phi) is 6.67. The van der Waals surface area contributed by atoms with Crippen molar-refractivity contribution in [1.82, 2.24) is 0 Å². The average molecular weight is 417 g/mol. The van der Waals surface area contributed by atoms with Gasteiger partial charge in [-0.2, -0.15) is 0 Å². The Morgan fingerprint density at radius 1 is 0.821 bits per heavy atom. The van der Waals surface area contributed by atoms with Gasteiger partial charge in [-0.15, -0.1) is 22.7 Å². The molecule has 146 valence electrons. The van der Waals surface area contributed by atoms with Crippen LogP contribution in [0.3, 0.4) is 0 Å². The largest absolute Gasteiger partial charge is 0.492 e. The van der Waals surface area contributed by atoms with Gasteiger partial charge in [-0.25, -0.2) is 0 Å². The molecule has 3 aromatic rings. The molecule has 2 heterocycles. The maximum absolute atomic E-state index is 12.5. The molecule has 0 fully saturated rings. The molecular weight excluding hydrogens is 396 g/mol. The number of rotatable bonds is 8. The van der Waals surface area contributed by atoms with Crippen LogP contribution in [0.4, 0.5) is 11.4 Å². The Morgan fingerprint density at radius 2 is 1.25 bits per heavy atom. The lowest BCUT2D eigenvalue weighted by Crippen LogP contribution is -2.14. The number of anilines is 2. The molecule has 0 radical (unpaired) electrons. The van der Waals surface area contributed by atoms with Crippen LogP contribution in [-0.4, -0.2) is 25.0 Å². The van der Waals surface area contributed by atoms with Crippen molar-refractivity contribution >= 4 is 45.9 Å². The fourth-order valence-corrected chi connectivity index (χ4v) is 3.73. The van der Waals surface area contributed by atoms with E-state index >= 15 is 0 Å². The Labute approximate surface area is 171 Å². The summed E-state index contributed by atoms with van der Waals surface area (Å²) in [6, 6.07) is 10.5. The molecule has 0 spiro atoms. The van der Waals surface area contributed by atoms with Crippen LogP contribution >= 0.6 is 22.7 Å². The number of hydrogen-bond donors (Lipinski definition) is 2. The van der Waals surface area contributed by atoms with Gasteiger partial charge in [0.2, 0.25) is 0 Å². The van der Waals surface area contributed by atoms with E-state index in [1.165, 1.54) is 22.7 Å². The first-order valence-corrected chi connectivity index (χ1v) is 10.5. The topological polar surface area (TPSA) is 76.7 Å². The first-order valence-electron chi connectivity index (χ1n) is 8.75. The number of ether oxygens (including phenoxy) is 2. The molecule has 2 amide bonds. The van der Waals surface area contributed by atoms with E-state index in [0.29, 0.717) is 45.8 Å². The fraction of sp³-hybridized carbons (Fsp3) is 0.200. The number of amides is 2. The zero-order valence-corrected chi connectivity index (χ0v) is 17.1. The van der Waals surface area contributed by atoms with E-state index in [-0.39, 0.29) is 11.8 Å². The minimum absolute atomic E-state index is 0.228. The maximum Gasteiger partial charge on any atom is 0.265 e. The highest BCUT2D eigenvalue weighted by molar-refractivity contribution is 7.12. The average Bonchev–Trinajstić information content (AvgIpc) is 3.39. The molecule has 0 aliphatic carbocycles. The molecule has 0 saturated heterocycles. The third kappa shape index (κ3) is 4.71. The van der Waals surface area contributed by atoms with E-state index in [1.54, 1.807) is 24.3 Å². The van der Waals surface area contributed by atoms with Crippen LogP contribution < -0.4 is 20.1 Å². The molecule has 6 nitrogen and oxygen atoms in total. The summed E-state index contributed by atoms with van der Waals surface area (Å²) < 4.78 is 11.4. The number of thiophene rings is 2. The number of carbonyl (C=O) groups excluding carboxylic acids is 2. The summed E-state index contributed by atoms with van der Waals surface area (Å²) >= 11 is 2.71. The Balaban J connectivity index is 1.92. The van der Waals surface area contributed by atoms with Gasteiger partial charge in [0.25, 0.3) is 11.8 Å². The number of benzene rings is 1. The smallest absolute Gasteiger partial charge is 0.265 e. The van der Waals surface area contributed by atoms with Gasteiger partial charge < -0.3 is 20.1 Å². The monoisotopic (exact) mass is 416 g/mol. The quantitative estimate of drug-likeness (QED) is 0.535. The van der Waals surface area contributed by atoms with Gasteiger partial charge in [-0.3, -0.25) is 9.59 Å². The van der Waals surface area contributed by atoms with Crippen molar-refractivity contribution in [2.75, 3.05) is 23.8 Å². The molecule has 0 unspecified atom stereocenters. The highest BCUT2D eigenvalue weighted by Gasteiger charge is 2.18. The highest BCUT2D eigenvalue weighted by Crippen LogP contribution is 2.37. The number of nitrogens with one attached hydrogen (secondary N) is 2. The van der Waals surface area contributed by atoms with Crippen molar-refractivity contribution in [2.24, 2.45) is 0 Å². The standard InChI is InChI=1S/C20H20N2O4S2/c1-3-25-15-11-14(22-20(24)18-8-6-10-28-18)16(26-4-2)12-13(15)21-19(23)17-7-5-9-27-17/h5-12H,3-4H2,1-2H3,(H,21,23)(H,22,24). The molecule has 28 heavy (non-hydrogen) atoms. The van der Waals surface area contributed by atoms with Crippen molar-refractivity contribution in [3.63, 3.8) is 0 Å². The Morgan fingerprint density at radius 3 is 1.57 bits per heavy atom. The summed E-state index contributed by atoms with van der Waals surface area (Å²) in [6.07, 6.45) is 0. The second-order valence-electron chi connectivity index (χ2n) is 5.57. The molecule has 0 bridgehead atoms.